The smallest absolute Gasteiger partial charge is 0.157 e. The zero-order chi connectivity index (χ0) is 9.84. The molecular weight excluding hydrogens is 190 g/mol. The highest BCUT2D eigenvalue weighted by Crippen LogP contribution is 2.20. The maximum Gasteiger partial charge on any atom is 0.157 e. The molecule has 0 aliphatic carbocycles. The van der Waals surface area contributed by atoms with Crippen LogP contribution in [-0.2, 0) is 16.8 Å². The Morgan fingerprint density at radius 1 is 1.54 bits per heavy atom. The Bertz CT molecular complexity index is 351. The van der Waals surface area contributed by atoms with Crippen molar-refractivity contribution in [2.24, 2.45) is 5.18 Å². The number of nitrogens with zero attached hydrogens (tertiary/aromatic N) is 1. The standard InChI is InChI=1S/C8H9NO3S/c1-6-2-3-7(5-13(11)12)4-8(6)9-10/h2-4H,5H2,1H3,(H,11,12). The van der Waals surface area contributed by atoms with E-state index in [9.17, 15) is 9.12 Å². The molecule has 0 aromatic heterocycles. The fourth-order valence-electron chi connectivity index (χ4n) is 0.986. The molecule has 0 aliphatic rings. The number of benzene rings is 1. The molecule has 13 heavy (non-hydrogen) atoms. The lowest BCUT2D eigenvalue weighted by atomic mass is 10.1. The van der Waals surface area contributed by atoms with Crippen LogP contribution in [-0.4, -0.2) is 8.76 Å². The van der Waals surface area contributed by atoms with Crippen LogP contribution >= 0.6 is 0 Å². The molecule has 1 N–H and O–H groups in total. The van der Waals surface area contributed by atoms with Crippen molar-refractivity contribution >= 4 is 16.8 Å². The van der Waals surface area contributed by atoms with Gasteiger partial charge in [0.1, 0.15) is 5.69 Å². The average Bonchev–Trinajstić information content (AvgIpc) is 2.07. The van der Waals surface area contributed by atoms with Gasteiger partial charge in [-0.3, -0.25) is 0 Å². The molecule has 5 heteroatoms. The molecular formula is C8H9NO3S. The molecule has 0 saturated carbocycles. The predicted molar refractivity (Wildman–Crippen MR) is 51.1 cm³/mol. The highest BCUT2D eigenvalue weighted by molar-refractivity contribution is 7.78. The first-order valence-electron chi connectivity index (χ1n) is 3.64. The molecule has 0 heterocycles. The second-order valence-electron chi connectivity index (χ2n) is 2.68. The van der Waals surface area contributed by atoms with Crippen molar-refractivity contribution < 1.29 is 8.76 Å². The van der Waals surface area contributed by atoms with Gasteiger partial charge in [0, 0.05) is 0 Å². The van der Waals surface area contributed by atoms with Gasteiger partial charge in [-0.1, -0.05) is 12.1 Å². The molecule has 1 rings (SSSR count). The molecule has 1 aromatic carbocycles. The van der Waals surface area contributed by atoms with Gasteiger partial charge in [-0.05, 0) is 29.3 Å². The SMILES string of the molecule is Cc1ccc(CS(=O)O)cc1N=O. The van der Waals surface area contributed by atoms with Gasteiger partial charge in [0.25, 0.3) is 0 Å². The number of rotatable bonds is 3. The lowest BCUT2D eigenvalue weighted by Crippen LogP contribution is -1.92. The van der Waals surface area contributed by atoms with E-state index in [1.165, 1.54) is 6.07 Å². The van der Waals surface area contributed by atoms with Gasteiger partial charge in [-0.25, -0.2) is 4.21 Å². The molecule has 1 atom stereocenters. The fourth-order valence-corrected chi connectivity index (χ4v) is 1.45. The zero-order valence-corrected chi connectivity index (χ0v) is 7.87. The zero-order valence-electron chi connectivity index (χ0n) is 7.06. The Kier molecular flexibility index (Phi) is 3.27. The summed E-state index contributed by atoms with van der Waals surface area (Å²) in [5, 5.41) is 2.81. The van der Waals surface area contributed by atoms with Crippen LogP contribution in [0.1, 0.15) is 11.1 Å². The van der Waals surface area contributed by atoms with Crippen molar-refractivity contribution in [3.63, 3.8) is 0 Å². The summed E-state index contributed by atoms with van der Waals surface area (Å²) in [6.07, 6.45) is 0. The summed E-state index contributed by atoms with van der Waals surface area (Å²) in [7, 11) is 0. The minimum atomic E-state index is -1.88. The second-order valence-corrected chi connectivity index (χ2v) is 3.61. The van der Waals surface area contributed by atoms with Crippen molar-refractivity contribution in [3.05, 3.63) is 34.2 Å². The number of hydrogen-bond donors (Lipinski definition) is 1. The molecule has 0 amide bonds. The highest BCUT2D eigenvalue weighted by Gasteiger charge is 2.02. The van der Waals surface area contributed by atoms with Crippen molar-refractivity contribution in [2.75, 3.05) is 0 Å². The maximum absolute atomic E-state index is 10.5. The third-order valence-electron chi connectivity index (χ3n) is 1.66. The third-order valence-corrected chi connectivity index (χ3v) is 2.24. The van der Waals surface area contributed by atoms with Crippen LogP contribution in [0.5, 0.6) is 0 Å². The first-order chi connectivity index (χ1) is 6.13. The van der Waals surface area contributed by atoms with E-state index in [4.69, 9.17) is 4.55 Å². The summed E-state index contributed by atoms with van der Waals surface area (Å²) < 4.78 is 19.1. The van der Waals surface area contributed by atoms with Crippen molar-refractivity contribution in [3.8, 4) is 0 Å². The van der Waals surface area contributed by atoms with Crippen LogP contribution in [0.3, 0.4) is 0 Å². The summed E-state index contributed by atoms with van der Waals surface area (Å²) in [6, 6.07) is 4.94. The normalized spacial score (nSPS) is 12.5. The summed E-state index contributed by atoms with van der Waals surface area (Å²) in [6.45, 7) is 1.76. The maximum atomic E-state index is 10.5. The van der Waals surface area contributed by atoms with Crippen LogP contribution in [0.2, 0.25) is 0 Å². The van der Waals surface area contributed by atoms with Gasteiger partial charge in [-0.2, -0.15) is 0 Å². The number of hydrogen-bond acceptors (Lipinski definition) is 3. The first kappa shape index (κ1) is 10.0. The molecule has 1 aromatic rings. The van der Waals surface area contributed by atoms with E-state index in [1.807, 2.05) is 0 Å². The minimum Gasteiger partial charge on any atom is -0.306 e. The van der Waals surface area contributed by atoms with Gasteiger partial charge in [0.15, 0.2) is 11.1 Å². The Morgan fingerprint density at radius 3 is 2.77 bits per heavy atom. The van der Waals surface area contributed by atoms with E-state index in [-0.39, 0.29) is 5.75 Å². The first-order valence-corrected chi connectivity index (χ1v) is 4.91. The van der Waals surface area contributed by atoms with E-state index < -0.39 is 11.1 Å². The van der Waals surface area contributed by atoms with E-state index in [0.29, 0.717) is 11.3 Å². The molecule has 4 nitrogen and oxygen atoms in total. The van der Waals surface area contributed by atoms with E-state index in [1.54, 1.807) is 19.1 Å². The molecule has 0 saturated heterocycles. The lowest BCUT2D eigenvalue weighted by molar-refractivity contribution is 0.563. The number of aryl methyl sites for hydroxylation is 1. The Labute approximate surface area is 78.2 Å². The van der Waals surface area contributed by atoms with Crippen molar-refractivity contribution in [1.82, 2.24) is 0 Å². The highest BCUT2D eigenvalue weighted by atomic mass is 32.2. The quantitative estimate of drug-likeness (QED) is 0.598. The molecule has 70 valence electrons. The Balaban J connectivity index is 2.99. The number of nitroso groups, excluding NO2 is 1. The molecule has 0 aliphatic heterocycles. The Morgan fingerprint density at radius 2 is 2.23 bits per heavy atom. The second kappa shape index (κ2) is 4.25. The van der Waals surface area contributed by atoms with E-state index >= 15 is 0 Å². The van der Waals surface area contributed by atoms with Gasteiger partial charge in [0.05, 0.1) is 5.75 Å². The van der Waals surface area contributed by atoms with E-state index in [0.717, 1.165) is 5.56 Å². The lowest BCUT2D eigenvalue weighted by Gasteiger charge is -2.00. The van der Waals surface area contributed by atoms with Crippen LogP contribution in [0, 0.1) is 11.8 Å². The summed E-state index contributed by atoms with van der Waals surface area (Å²) >= 11 is -1.88. The summed E-state index contributed by atoms with van der Waals surface area (Å²) in [4.78, 5) is 10.3. The molecule has 0 spiro atoms. The van der Waals surface area contributed by atoms with Gasteiger partial charge < -0.3 is 4.55 Å². The molecule has 1 unspecified atom stereocenters. The Hall–Kier alpha value is -1.07. The molecule has 0 bridgehead atoms. The fraction of sp³-hybridized carbons (Fsp3) is 0.250. The van der Waals surface area contributed by atoms with Crippen LogP contribution < -0.4 is 0 Å². The van der Waals surface area contributed by atoms with Crippen molar-refractivity contribution in [2.45, 2.75) is 12.7 Å². The molecule has 0 radical (unpaired) electrons. The summed E-state index contributed by atoms with van der Waals surface area (Å²) in [5.41, 5.74) is 1.73. The van der Waals surface area contributed by atoms with Crippen LogP contribution in [0.15, 0.2) is 23.4 Å². The molecule has 0 fully saturated rings. The average molecular weight is 199 g/mol. The minimum absolute atomic E-state index is 0.0306. The van der Waals surface area contributed by atoms with Crippen LogP contribution in [0.25, 0.3) is 0 Å². The van der Waals surface area contributed by atoms with Gasteiger partial charge in [0.2, 0.25) is 0 Å². The van der Waals surface area contributed by atoms with E-state index in [2.05, 4.69) is 5.18 Å². The predicted octanol–water partition coefficient (Wildman–Crippen LogP) is 2.11. The van der Waals surface area contributed by atoms with Crippen LogP contribution in [0.4, 0.5) is 5.69 Å². The van der Waals surface area contributed by atoms with Crippen molar-refractivity contribution in [1.29, 1.82) is 0 Å². The monoisotopic (exact) mass is 199 g/mol. The van der Waals surface area contributed by atoms with Gasteiger partial charge in [-0.15, -0.1) is 4.91 Å². The third kappa shape index (κ3) is 2.71. The largest absolute Gasteiger partial charge is 0.306 e. The van der Waals surface area contributed by atoms with Gasteiger partial charge >= 0.3 is 0 Å². The topological polar surface area (TPSA) is 66.7 Å². The summed E-state index contributed by atoms with van der Waals surface area (Å²) in [5.74, 6) is 0.0306.